The smallest absolute Gasteiger partial charge is 0.351 e. The van der Waals surface area contributed by atoms with E-state index in [1.807, 2.05) is 0 Å². The quantitative estimate of drug-likeness (QED) is 0.442. The fourth-order valence-corrected chi connectivity index (χ4v) is 1.61. The van der Waals surface area contributed by atoms with Gasteiger partial charge in [-0.1, -0.05) is 0 Å². The number of carbonyl (C=O) groups is 2. The molecule has 0 saturated carbocycles. The zero-order valence-electron chi connectivity index (χ0n) is 11.3. The molecule has 1 aliphatic heterocycles. The number of esters is 2. The Bertz CT molecular complexity index is 570. The fraction of sp³-hybridized carbons (Fsp3) is 0.333. The second-order valence-corrected chi connectivity index (χ2v) is 4.52. The minimum Gasteiger partial charge on any atom is -0.419 e. The summed E-state index contributed by atoms with van der Waals surface area (Å²) in [6.45, 7) is 2.91. The summed E-state index contributed by atoms with van der Waals surface area (Å²) >= 11 is 0. The number of hydrogen-bond donors (Lipinski definition) is 2. The number of cyclic esters (lactones) is 2. The predicted octanol–water partition coefficient (Wildman–Crippen LogP) is 0.0242. The van der Waals surface area contributed by atoms with Crippen molar-refractivity contribution in [3.8, 4) is 0 Å². The van der Waals surface area contributed by atoms with Crippen LogP contribution in [0, 0.1) is 0 Å². The van der Waals surface area contributed by atoms with E-state index in [9.17, 15) is 9.59 Å². The first-order valence-corrected chi connectivity index (χ1v) is 5.82. The zero-order valence-corrected chi connectivity index (χ0v) is 11.3. The molecule has 0 atom stereocenters. The molecule has 20 heavy (non-hydrogen) atoms. The van der Waals surface area contributed by atoms with E-state index >= 15 is 0 Å². The van der Waals surface area contributed by atoms with Gasteiger partial charge in [0, 0.05) is 20.9 Å². The summed E-state index contributed by atoms with van der Waals surface area (Å²) in [5.41, 5.74) is 5.46. The third-order valence-electron chi connectivity index (χ3n) is 2.55. The first-order valence-electron chi connectivity index (χ1n) is 5.82. The molecule has 0 aromatic carbocycles. The van der Waals surface area contributed by atoms with Crippen molar-refractivity contribution in [3.63, 3.8) is 0 Å². The average Bonchev–Trinajstić information content (AvgIpc) is 2.36. The third-order valence-corrected chi connectivity index (χ3v) is 2.55. The number of aromatic nitrogens is 2. The highest BCUT2D eigenvalue weighted by Crippen LogP contribution is 2.25. The maximum Gasteiger partial charge on any atom is 0.351 e. The van der Waals surface area contributed by atoms with E-state index in [0.717, 1.165) is 0 Å². The zero-order chi connectivity index (χ0) is 14.9. The molecule has 1 fully saturated rings. The van der Waals surface area contributed by atoms with E-state index in [1.54, 1.807) is 13.1 Å². The molecule has 0 bridgehead atoms. The molecule has 8 nitrogen and oxygen atoms in total. The molecule has 0 aliphatic carbocycles. The van der Waals surface area contributed by atoms with Crippen LogP contribution in [0.15, 0.2) is 17.7 Å². The first kappa shape index (κ1) is 13.8. The number of nitrogens with one attached hydrogen (secondary N) is 1. The Morgan fingerprint density at radius 2 is 1.80 bits per heavy atom. The van der Waals surface area contributed by atoms with Crippen LogP contribution in [-0.4, -0.2) is 35.0 Å². The van der Waals surface area contributed by atoms with Gasteiger partial charge in [0.25, 0.3) is 5.79 Å². The SMILES string of the molecule is CNc1ccc(C(N)=C2C(=O)OC(C)(C)OC2=O)nn1. The van der Waals surface area contributed by atoms with Crippen LogP contribution < -0.4 is 11.1 Å². The number of rotatable bonds is 2. The van der Waals surface area contributed by atoms with Crippen LogP contribution in [0.5, 0.6) is 0 Å². The fourth-order valence-electron chi connectivity index (χ4n) is 1.61. The third kappa shape index (κ3) is 2.53. The largest absolute Gasteiger partial charge is 0.419 e. The van der Waals surface area contributed by atoms with Gasteiger partial charge >= 0.3 is 11.9 Å². The Kier molecular flexibility index (Phi) is 3.31. The van der Waals surface area contributed by atoms with E-state index in [4.69, 9.17) is 15.2 Å². The first-order chi connectivity index (χ1) is 9.34. The highest BCUT2D eigenvalue weighted by Gasteiger charge is 2.40. The van der Waals surface area contributed by atoms with E-state index < -0.39 is 17.7 Å². The van der Waals surface area contributed by atoms with Crippen LogP contribution in [-0.2, 0) is 19.1 Å². The van der Waals surface area contributed by atoms with Crippen LogP contribution >= 0.6 is 0 Å². The average molecular weight is 278 g/mol. The van der Waals surface area contributed by atoms with Crippen molar-refractivity contribution in [1.29, 1.82) is 0 Å². The van der Waals surface area contributed by atoms with Crippen LogP contribution in [0.1, 0.15) is 19.5 Å². The topological polar surface area (TPSA) is 116 Å². The van der Waals surface area contributed by atoms with E-state index in [0.29, 0.717) is 5.82 Å². The summed E-state index contributed by atoms with van der Waals surface area (Å²) < 4.78 is 9.93. The lowest BCUT2D eigenvalue weighted by Crippen LogP contribution is -2.42. The summed E-state index contributed by atoms with van der Waals surface area (Å²) in [7, 11) is 1.68. The second kappa shape index (κ2) is 4.80. The molecule has 3 N–H and O–H groups in total. The Balaban J connectivity index is 2.40. The van der Waals surface area contributed by atoms with Gasteiger partial charge in [-0.25, -0.2) is 9.59 Å². The minimum absolute atomic E-state index is 0.134. The molecule has 1 aromatic rings. The number of hydrogen-bond acceptors (Lipinski definition) is 8. The van der Waals surface area contributed by atoms with E-state index in [-0.39, 0.29) is 17.0 Å². The molecule has 0 radical (unpaired) electrons. The van der Waals surface area contributed by atoms with Gasteiger partial charge in [-0.05, 0) is 12.1 Å². The maximum atomic E-state index is 11.8. The van der Waals surface area contributed by atoms with Crippen molar-refractivity contribution < 1.29 is 19.1 Å². The van der Waals surface area contributed by atoms with Gasteiger partial charge in [0.05, 0.1) is 5.70 Å². The molecular weight excluding hydrogens is 264 g/mol. The van der Waals surface area contributed by atoms with Crippen molar-refractivity contribution in [3.05, 3.63) is 23.4 Å². The highest BCUT2D eigenvalue weighted by atomic mass is 16.7. The summed E-state index contributed by atoms with van der Waals surface area (Å²) in [6.07, 6.45) is 0. The molecule has 1 aliphatic rings. The summed E-state index contributed by atoms with van der Waals surface area (Å²) in [6, 6.07) is 3.14. The lowest BCUT2D eigenvalue weighted by molar-refractivity contribution is -0.222. The second-order valence-electron chi connectivity index (χ2n) is 4.52. The molecule has 8 heteroatoms. The molecule has 0 spiro atoms. The molecule has 1 saturated heterocycles. The lowest BCUT2D eigenvalue weighted by Gasteiger charge is -2.30. The van der Waals surface area contributed by atoms with Crippen LogP contribution in [0.3, 0.4) is 0 Å². The van der Waals surface area contributed by atoms with Crippen LogP contribution in [0.4, 0.5) is 5.82 Å². The maximum absolute atomic E-state index is 11.8. The van der Waals surface area contributed by atoms with Gasteiger partial charge in [-0.2, -0.15) is 0 Å². The number of nitrogens with zero attached hydrogens (tertiary/aromatic N) is 2. The van der Waals surface area contributed by atoms with Gasteiger partial charge in [-0.3, -0.25) is 0 Å². The number of ether oxygens (including phenoxy) is 2. The molecule has 0 amide bonds. The predicted molar refractivity (Wildman–Crippen MR) is 68.9 cm³/mol. The highest BCUT2D eigenvalue weighted by molar-refractivity contribution is 6.20. The lowest BCUT2D eigenvalue weighted by atomic mass is 10.1. The van der Waals surface area contributed by atoms with Gasteiger partial charge in [0.1, 0.15) is 11.5 Å². The van der Waals surface area contributed by atoms with E-state index in [1.165, 1.54) is 19.9 Å². The van der Waals surface area contributed by atoms with Crippen molar-refractivity contribution in [2.75, 3.05) is 12.4 Å². The summed E-state index contributed by atoms with van der Waals surface area (Å²) in [5, 5.41) is 10.4. The summed E-state index contributed by atoms with van der Waals surface area (Å²) in [5.74, 6) is -2.47. The molecule has 106 valence electrons. The molecule has 0 unspecified atom stereocenters. The number of anilines is 1. The molecule has 2 rings (SSSR count). The Labute approximate surface area is 115 Å². The van der Waals surface area contributed by atoms with Gasteiger partial charge in [0.15, 0.2) is 5.57 Å². The number of nitrogens with two attached hydrogens (primary N) is 1. The van der Waals surface area contributed by atoms with E-state index in [2.05, 4.69) is 15.5 Å². The van der Waals surface area contributed by atoms with Crippen molar-refractivity contribution in [1.82, 2.24) is 10.2 Å². The van der Waals surface area contributed by atoms with Gasteiger partial charge in [0.2, 0.25) is 0 Å². The Morgan fingerprint density at radius 3 is 2.25 bits per heavy atom. The van der Waals surface area contributed by atoms with Crippen LogP contribution in [0.25, 0.3) is 5.70 Å². The van der Waals surface area contributed by atoms with Crippen molar-refractivity contribution >= 4 is 23.5 Å². The van der Waals surface area contributed by atoms with Gasteiger partial charge < -0.3 is 20.5 Å². The van der Waals surface area contributed by atoms with Crippen molar-refractivity contribution in [2.45, 2.75) is 19.6 Å². The molecule has 2 heterocycles. The minimum atomic E-state index is -1.31. The molecule has 1 aromatic heterocycles. The summed E-state index contributed by atoms with van der Waals surface area (Å²) in [4.78, 5) is 23.7. The Morgan fingerprint density at radius 1 is 1.20 bits per heavy atom. The monoisotopic (exact) mass is 278 g/mol. The normalized spacial score (nSPS) is 17.2. The molecular formula is C12H14N4O4. The van der Waals surface area contributed by atoms with Crippen molar-refractivity contribution in [2.24, 2.45) is 5.73 Å². The number of carbonyl (C=O) groups excluding carboxylic acids is 2. The standard InChI is InChI=1S/C12H14N4O4/c1-12(2)19-10(17)8(11(18)20-12)9(13)6-4-5-7(14-3)16-15-6/h4-5H,13H2,1-3H3,(H,14,16). The van der Waals surface area contributed by atoms with Crippen LogP contribution in [0.2, 0.25) is 0 Å². The Hall–Kier alpha value is -2.64. The van der Waals surface area contributed by atoms with Gasteiger partial charge in [-0.15, -0.1) is 10.2 Å².